The SMILES string of the molecule is CC(OC[C@@H](O)CNC(C)(C)Cc1ccc2ccccc2c1)c1ccccc1-c1cc2c(c(C(=O)O)c1)OCC2. The molecule has 0 bridgehead atoms. The minimum Gasteiger partial charge on any atom is -0.492 e. The van der Waals surface area contributed by atoms with Gasteiger partial charge in [-0.3, -0.25) is 0 Å². The third kappa shape index (κ3) is 6.36. The second kappa shape index (κ2) is 11.8. The van der Waals surface area contributed by atoms with Crippen molar-refractivity contribution >= 4 is 16.7 Å². The molecule has 5 rings (SSSR count). The molecule has 6 heteroatoms. The van der Waals surface area contributed by atoms with E-state index in [-0.39, 0.29) is 23.8 Å². The number of aliphatic hydroxyl groups is 1. The minimum atomic E-state index is -0.999. The van der Waals surface area contributed by atoms with Crippen molar-refractivity contribution in [3.63, 3.8) is 0 Å². The summed E-state index contributed by atoms with van der Waals surface area (Å²) in [7, 11) is 0. The van der Waals surface area contributed by atoms with Crippen LogP contribution in [0.3, 0.4) is 0 Å². The molecule has 0 fully saturated rings. The quantitative estimate of drug-likeness (QED) is 0.211. The lowest BCUT2D eigenvalue weighted by atomic mass is 9.93. The zero-order chi connectivity index (χ0) is 28.3. The second-order valence-electron chi connectivity index (χ2n) is 11.3. The maximum atomic E-state index is 11.9. The summed E-state index contributed by atoms with van der Waals surface area (Å²) in [4.78, 5) is 11.9. The average Bonchev–Trinajstić information content (AvgIpc) is 3.43. The Morgan fingerprint density at radius 2 is 1.77 bits per heavy atom. The number of fused-ring (bicyclic) bond motifs is 2. The molecule has 1 unspecified atom stereocenters. The highest BCUT2D eigenvalue weighted by Gasteiger charge is 2.24. The molecular formula is C34H37NO5. The van der Waals surface area contributed by atoms with E-state index in [4.69, 9.17) is 9.47 Å². The molecule has 208 valence electrons. The number of hydrogen-bond acceptors (Lipinski definition) is 5. The largest absolute Gasteiger partial charge is 0.492 e. The molecule has 2 atom stereocenters. The monoisotopic (exact) mass is 539 g/mol. The summed E-state index contributed by atoms with van der Waals surface area (Å²) in [5.41, 5.74) is 4.81. The fourth-order valence-electron chi connectivity index (χ4n) is 5.46. The van der Waals surface area contributed by atoms with Gasteiger partial charge in [0.05, 0.1) is 25.4 Å². The number of rotatable bonds is 11. The molecule has 0 aromatic heterocycles. The van der Waals surface area contributed by atoms with Crippen molar-refractivity contribution in [2.75, 3.05) is 19.8 Å². The van der Waals surface area contributed by atoms with E-state index >= 15 is 0 Å². The molecule has 40 heavy (non-hydrogen) atoms. The molecule has 3 N–H and O–H groups in total. The lowest BCUT2D eigenvalue weighted by molar-refractivity contribution is -0.00397. The average molecular weight is 540 g/mol. The molecule has 0 saturated heterocycles. The van der Waals surface area contributed by atoms with Crippen molar-refractivity contribution in [2.24, 2.45) is 0 Å². The number of aromatic carboxylic acids is 1. The molecule has 0 spiro atoms. The summed E-state index contributed by atoms with van der Waals surface area (Å²) in [6.45, 7) is 7.31. The van der Waals surface area contributed by atoms with Gasteiger partial charge in [-0.05, 0) is 77.9 Å². The number of aliphatic hydroxyl groups excluding tert-OH is 1. The number of carboxylic acid groups (broad SMARTS) is 1. The maximum absolute atomic E-state index is 11.9. The summed E-state index contributed by atoms with van der Waals surface area (Å²) in [6, 6.07) is 26.4. The molecule has 6 nitrogen and oxygen atoms in total. The Labute approximate surface area is 235 Å². The van der Waals surface area contributed by atoms with Gasteiger partial charge >= 0.3 is 5.97 Å². The minimum absolute atomic E-state index is 0.174. The molecule has 1 heterocycles. The van der Waals surface area contributed by atoms with Gasteiger partial charge < -0.3 is 25.0 Å². The van der Waals surface area contributed by atoms with Crippen molar-refractivity contribution in [3.8, 4) is 16.9 Å². The number of ether oxygens (including phenoxy) is 2. The van der Waals surface area contributed by atoms with Gasteiger partial charge in [0.15, 0.2) is 0 Å². The van der Waals surface area contributed by atoms with E-state index in [1.54, 1.807) is 6.07 Å². The van der Waals surface area contributed by atoms with Gasteiger partial charge in [0.2, 0.25) is 0 Å². The van der Waals surface area contributed by atoms with Gasteiger partial charge in [-0.25, -0.2) is 4.79 Å². The third-order valence-corrected chi connectivity index (χ3v) is 7.54. The van der Waals surface area contributed by atoms with Gasteiger partial charge in [-0.1, -0.05) is 66.7 Å². The van der Waals surface area contributed by atoms with Gasteiger partial charge in [0, 0.05) is 18.5 Å². The summed E-state index contributed by atoms with van der Waals surface area (Å²) in [5.74, 6) is -0.530. The Kier molecular flexibility index (Phi) is 8.22. The lowest BCUT2D eigenvalue weighted by Gasteiger charge is -2.28. The summed E-state index contributed by atoms with van der Waals surface area (Å²) in [5, 5.41) is 26.4. The van der Waals surface area contributed by atoms with E-state index in [0.717, 1.165) is 28.7 Å². The van der Waals surface area contributed by atoms with E-state index in [9.17, 15) is 15.0 Å². The van der Waals surface area contributed by atoms with Gasteiger partial charge in [-0.2, -0.15) is 0 Å². The fraction of sp³-hybridized carbons (Fsp3) is 0.324. The number of carbonyl (C=O) groups is 1. The fourth-order valence-corrected chi connectivity index (χ4v) is 5.46. The van der Waals surface area contributed by atoms with E-state index in [2.05, 4.69) is 55.6 Å². The van der Waals surface area contributed by atoms with Crippen LogP contribution in [0.15, 0.2) is 78.9 Å². The van der Waals surface area contributed by atoms with Crippen molar-refractivity contribution < 1.29 is 24.5 Å². The smallest absolute Gasteiger partial charge is 0.339 e. The van der Waals surface area contributed by atoms with Crippen molar-refractivity contribution in [2.45, 2.75) is 51.4 Å². The third-order valence-electron chi connectivity index (χ3n) is 7.54. The molecule has 1 aliphatic heterocycles. The molecule has 4 aromatic rings. The van der Waals surface area contributed by atoms with Gasteiger partial charge in [0.1, 0.15) is 11.3 Å². The predicted molar refractivity (Wildman–Crippen MR) is 158 cm³/mol. The normalized spacial score (nSPS) is 14.5. The molecule has 0 amide bonds. The molecular weight excluding hydrogens is 502 g/mol. The van der Waals surface area contributed by atoms with E-state index < -0.39 is 12.1 Å². The van der Waals surface area contributed by atoms with Crippen LogP contribution in [0.4, 0.5) is 0 Å². The molecule has 0 radical (unpaired) electrons. The first-order valence-corrected chi connectivity index (χ1v) is 13.8. The van der Waals surface area contributed by atoms with Crippen LogP contribution >= 0.6 is 0 Å². The van der Waals surface area contributed by atoms with E-state index in [1.165, 1.54) is 16.3 Å². The maximum Gasteiger partial charge on any atom is 0.339 e. The van der Waals surface area contributed by atoms with Gasteiger partial charge in [0.25, 0.3) is 0 Å². The van der Waals surface area contributed by atoms with Crippen LogP contribution < -0.4 is 10.1 Å². The molecule has 0 aliphatic carbocycles. The van der Waals surface area contributed by atoms with Crippen LogP contribution in [0.2, 0.25) is 0 Å². The number of benzene rings is 4. The van der Waals surface area contributed by atoms with Crippen LogP contribution in [0, 0.1) is 0 Å². The number of hydrogen-bond donors (Lipinski definition) is 3. The summed E-state index contributed by atoms with van der Waals surface area (Å²) < 4.78 is 11.7. The number of carboxylic acids is 1. The predicted octanol–water partition coefficient (Wildman–Crippen LogP) is 6.19. The second-order valence-corrected chi connectivity index (χ2v) is 11.3. The highest BCUT2D eigenvalue weighted by molar-refractivity contribution is 5.94. The number of β-amino-alcohol motifs (C(OH)–C–C–N with tert-alkyl or cyclic N) is 1. The van der Waals surface area contributed by atoms with Crippen LogP contribution in [0.25, 0.3) is 21.9 Å². The molecule has 0 saturated carbocycles. The van der Waals surface area contributed by atoms with Crippen molar-refractivity contribution in [1.82, 2.24) is 5.32 Å². The Hall–Kier alpha value is -3.71. The van der Waals surface area contributed by atoms with Gasteiger partial charge in [-0.15, -0.1) is 0 Å². The molecule has 1 aliphatic rings. The lowest BCUT2D eigenvalue weighted by Crippen LogP contribution is -2.46. The summed E-state index contributed by atoms with van der Waals surface area (Å²) >= 11 is 0. The highest BCUT2D eigenvalue weighted by atomic mass is 16.5. The highest BCUT2D eigenvalue weighted by Crippen LogP contribution is 2.37. The first kappa shape index (κ1) is 27.8. The number of nitrogens with one attached hydrogen (secondary N) is 1. The standard InChI is InChI=1S/C34H37NO5/c1-22(29-10-6-7-11-30(29)27-17-26-14-15-39-32(26)31(18-27)33(37)38)40-21-28(36)20-35-34(2,3)19-23-12-13-24-8-4-5-9-25(24)16-23/h4-13,16-18,22,28,35-36H,14-15,19-21H2,1-3H3,(H,37,38)/t22?,28-/m0/s1. The summed E-state index contributed by atoms with van der Waals surface area (Å²) in [6.07, 6.45) is 0.545. The first-order chi connectivity index (χ1) is 19.2. The van der Waals surface area contributed by atoms with Crippen molar-refractivity contribution in [3.05, 3.63) is 101 Å². The van der Waals surface area contributed by atoms with Crippen LogP contribution in [0.1, 0.15) is 53.9 Å². The molecule has 4 aromatic carbocycles. The Bertz CT molecular complexity index is 1510. The Morgan fingerprint density at radius 3 is 2.58 bits per heavy atom. The van der Waals surface area contributed by atoms with E-state index in [0.29, 0.717) is 25.3 Å². The zero-order valence-electron chi connectivity index (χ0n) is 23.3. The van der Waals surface area contributed by atoms with Crippen LogP contribution in [0.5, 0.6) is 5.75 Å². The van der Waals surface area contributed by atoms with E-state index in [1.807, 2.05) is 43.3 Å². The topological polar surface area (TPSA) is 88.0 Å². The van der Waals surface area contributed by atoms with Crippen molar-refractivity contribution in [1.29, 1.82) is 0 Å². The van der Waals surface area contributed by atoms with Crippen LogP contribution in [-0.4, -0.2) is 47.6 Å². The first-order valence-electron chi connectivity index (χ1n) is 13.8. The zero-order valence-corrected chi connectivity index (χ0v) is 23.3. The Balaban J connectivity index is 1.20. The van der Waals surface area contributed by atoms with Crippen LogP contribution in [-0.2, 0) is 17.6 Å². The Morgan fingerprint density at radius 1 is 1.02 bits per heavy atom.